The molecule has 162 valence electrons. The second-order valence-electron chi connectivity index (χ2n) is 7.77. The van der Waals surface area contributed by atoms with Crippen LogP contribution in [0.15, 0.2) is 54.2 Å². The molecule has 0 spiro atoms. The van der Waals surface area contributed by atoms with Crippen LogP contribution in [0.25, 0.3) is 5.57 Å². The van der Waals surface area contributed by atoms with Crippen LogP contribution in [0, 0.1) is 5.82 Å². The van der Waals surface area contributed by atoms with Crippen LogP contribution < -0.4 is 9.64 Å². The third kappa shape index (κ3) is 4.05. The molecule has 2 unspecified atom stereocenters. The van der Waals surface area contributed by atoms with Crippen LogP contribution in [0.3, 0.4) is 0 Å². The van der Waals surface area contributed by atoms with Gasteiger partial charge in [-0.1, -0.05) is 18.2 Å². The molecule has 1 fully saturated rings. The number of carbonyl (C=O) groups is 2. The fourth-order valence-corrected chi connectivity index (χ4v) is 4.16. The van der Waals surface area contributed by atoms with Crippen molar-refractivity contribution in [3.63, 3.8) is 0 Å². The lowest BCUT2D eigenvalue weighted by molar-refractivity contribution is -0.121. The van der Waals surface area contributed by atoms with Gasteiger partial charge in [-0.25, -0.2) is 9.29 Å². The number of rotatable bonds is 5. The van der Waals surface area contributed by atoms with Gasteiger partial charge in [0.05, 0.1) is 30.1 Å². The van der Waals surface area contributed by atoms with E-state index in [1.54, 1.807) is 24.3 Å². The second-order valence-corrected chi connectivity index (χ2v) is 7.77. The second kappa shape index (κ2) is 8.51. The molecule has 0 aliphatic carbocycles. The van der Waals surface area contributed by atoms with Crippen LogP contribution in [0.4, 0.5) is 10.1 Å². The Balaban J connectivity index is 1.80. The molecule has 6 nitrogen and oxygen atoms in total. The summed E-state index contributed by atoms with van der Waals surface area (Å²) in [7, 11) is 0. The maximum Gasteiger partial charge on any atom is 0.282 e. The Hall–Kier alpha value is -3.19. The van der Waals surface area contributed by atoms with Crippen molar-refractivity contribution in [2.75, 3.05) is 24.6 Å². The average Bonchev–Trinajstić information content (AvgIpc) is 2.98. The number of carbonyl (C=O) groups excluding carboxylic acids is 2. The molecule has 0 aromatic heterocycles. The molecular formula is C24H25FN2O4. The normalized spacial score (nSPS) is 21.8. The zero-order valence-corrected chi connectivity index (χ0v) is 17.8. The number of ether oxygens (including phenoxy) is 2. The number of imide groups is 1. The molecule has 1 saturated heterocycles. The lowest BCUT2D eigenvalue weighted by atomic mass is 10.0. The number of benzene rings is 2. The number of hydrogen-bond donors (Lipinski definition) is 0. The van der Waals surface area contributed by atoms with Crippen LogP contribution >= 0.6 is 0 Å². The topological polar surface area (TPSA) is 59.1 Å². The number of hydrogen-bond acceptors (Lipinski definition) is 5. The summed E-state index contributed by atoms with van der Waals surface area (Å²) in [5, 5.41) is 0. The lowest BCUT2D eigenvalue weighted by Gasteiger charge is -2.37. The van der Waals surface area contributed by atoms with Gasteiger partial charge in [0.1, 0.15) is 17.3 Å². The van der Waals surface area contributed by atoms with Crippen LogP contribution in [-0.4, -0.2) is 48.6 Å². The van der Waals surface area contributed by atoms with E-state index in [2.05, 4.69) is 0 Å². The maximum atomic E-state index is 13.6. The van der Waals surface area contributed by atoms with Crippen LogP contribution in [0.5, 0.6) is 5.75 Å². The summed E-state index contributed by atoms with van der Waals surface area (Å²) in [6, 6.07) is 12.5. The fourth-order valence-electron chi connectivity index (χ4n) is 4.16. The monoisotopic (exact) mass is 424 g/mol. The first-order chi connectivity index (χ1) is 14.9. The van der Waals surface area contributed by atoms with E-state index in [-0.39, 0.29) is 17.8 Å². The minimum absolute atomic E-state index is 0.0936. The molecule has 2 aromatic carbocycles. The molecule has 4 rings (SSSR count). The maximum absolute atomic E-state index is 13.6. The summed E-state index contributed by atoms with van der Waals surface area (Å²) in [6.07, 6.45) is -0.187. The van der Waals surface area contributed by atoms with Crippen molar-refractivity contribution in [2.24, 2.45) is 0 Å². The van der Waals surface area contributed by atoms with E-state index in [1.807, 2.05) is 25.7 Å². The van der Waals surface area contributed by atoms with E-state index in [4.69, 9.17) is 9.47 Å². The number of nitrogens with zero attached hydrogens (tertiary/aromatic N) is 2. The Kier molecular flexibility index (Phi) is 5.78. The zero-order chi connectivity index (χ0) is 22.1. The van der Waals surface area contributed by atoms with Gasteiger partial charge in [0.25, 0.3) is 11.8 Å². The van der Waals surface area contributed by atoms with Gasteiger partial charge in [-0.15, -0.1) is 0 Å². The van der Waals surface area contributed by atoms with Crippen molar-refractivity contribution < 1.29 is 23.5 Å². The number of halogens is 1. The molecule has 2 aliphatic heterocycles. The predicted octanol–water partition coefficient (Wildman–Crippen LogP) is 3.62. The average molecular weight is 424 g/mol. The minimum atomic E-state index is -0.438. The van der Waals surface area contributed by atoms with Gasteiger partial charge < -0.3 is 14.4 Å². The Morgan fingerprint density at radius 1 is 1.03 bits per heavy atom. The summed E-state index contributed by atoms with van der Waals surface area (Å²) in [5.41, 5.74) is 1.53. The number of anilines is 1. The quantitative estimate of drug-likeness (QED) is 0.687. The van der Waals surface area contributed by atoms with Crippen LogP contribution in [-0.2, 0) is 14.3 Å². The highest BCUT2D eigenvalue weighted by atomic mass is 19.1. The van der Waals surface area contributed by atoms with Crippen molar-refractivity contribution >= 4 is 23.1 Å². The van der Waals surface area contributed by atoms with Crippen molar-refractivity contribution in [1.82, 2.24) is 4.90 Å². The highest BCUT2D eigenvalue weighted by Crippen LogP contribution is 2.36. The van der Waals surface area contributed by atoms with Gasteiger partial charge in [0.15, 0.2) is 0 Å². The number of morpholine rings is 1. The first-order valence-corrected chi connectivity index (χ1v) is 10.4. The third-order valence-corrected chi connectivity index (χ3v) is 5.31. The van der Waals surface area contributed by atoms with Crippen LogP contribution in [0.1, 0.15) is 26.3 Å². The molecule has 0 N–H and O–H groups in total. The highest BCUT2D eigenvalue weighted by molar-refractivity contribution is 6.45. The van der Waals surface area contributed by atoms with Crippen molar-refractivity contribution in [3.05, 3.63) is 65.6 Å². The molecule has 7 heteroatoms. The van der Waals surface area contributed by atoms with Crippen LogP contribution in [0.2, 0.25) is 0 Å². The largest absolute Gasteiger partial charge is 0.494 e. The standard InChI is InChI=1S/C24H25FN2O4/c1-4-30-20-7-5-6-19(12-20)27-23(28)21(17-8-10-18(25)11-9-17)22(24(27)29)26-13-15(2)31-16(3)14-26/h5-12,15-16H,4,13-14H2,1-3H3. The molecule has 2 aromatic rings. The lowest BCUT2D eigenvalue weighted by Crippen LogP contribution is -2.47. The van der Waals surface area contributed by atoms with E-state index >= 15 is 0 Å². The molecule has 2 atom stereocenters. The van der Waals surface area contributed by atoms with Gasteiger partial charge in [-0.05, 0) is 50.6 Å². The zero-order valence-electron chi connectivity index (χ0n) is 17.8. The van der Waals surface area contributed by atoms with E-state index < -0.39 is 17.6 Å². The third-order valence-electron chi connectivity index (χ3n) is 5.31. The molecule has 0 saturated carbocycles. The molecular weight excluding hydrogens is 399 g/mol. The van der Waals surface area contributed by atoms with Crippen molar-refractivity contribution in [2.45, 2.75) is 33.0 Å². The molecule has 2 heterocycles. The van der Waals surface area contributed by atoms with Crippen molar-refractivity contribution in [1.29, 1.82) is 0 Å². The summed E-state index contributed by atoms with van der Waals surface area (Å²) in [6.45, 7) is 7.17. The summed E-state index contributed by atoms with van der Waals surface area (Å²) < 4.78 is 24.9. The minimum Gasteiger partial charge on any atom is -0.494 e. The number of amides is 2. The summed E-state index contributed by atoms with van der Waals surface area (Å²) in [4.78, 5) is 30.2. The van der Waals surface area contributed by atoms with Gasteiger partial charge in [0, 0.05) is 19.2 Å². The Morgan fingerprint density at radius 2 is 1.71 bits per heavy atom. The first kappa shape index (κ1) is 21.1. The van der Waals surface area contributed by atoms with E-state index in [1.165, 1.54) is 29.2 Å². The summed E-state index contributed by atoms with van der Waals surface area (Å²) >= 11 is 0. The van der Waals surface area contributed by atoms with Crippen molar-refractivity contribution in [3.8, 4) is 5.75 Å². The molecule has 2 aliphatic rings. The molecule has 31 heavy (non-hydrogen) atoms. The van der Waals surface area contributed by atoms with Gasteiger partial charge in [0.2, 0.25) is 0 Å². The molecule has 0 radical (unpaired) electrons. The Labute approximate surface area is 180 Å². The highest BCUT2D eigenvalue weighted by Gasteiger charge is 2.44. The van der Waals surface area contributed by atoms with E-state index in [0.29, 0.717) is 42.4 Å². The molecule has 2 amide bonds. The Bertz CT molecular complexity index is 1020. The first-order valence-electron chi connectivity index (χ1n) is 10.4. The van der Waals surface area contributed by atoms with Gasteiger partial charge in [-0.3, -0.25) is 9.59 Å². The smallest absolute Gasteiger partial charge is 0.282 e. The van der Waals surface area contributed by atoms with Gasteiger partial charge in [-0.2, -0.15) is 0 Å². The fraction of sp³-hybridized carbons (Fsp3) is 0.333. The van der Waals surface area contributed by atoms with E-state index in [0.717, 1.165) is 0 Å². The summed E-state index contributed by atoms with van der Waals surface area (Å²) in [5.74, 6) is -0.671. The van der Waals surface area contributed by atoms with Gasteiger partial charge >= 0.3 is 0 Å². The predicted molar refractivity (Wildman–Crippen MR) is 115 cm³/mol. The molecule has 0 bridgehead atoms. The Morgan fingerprint density at radius 3 is 2.35 bits per heavy atom. The van der Waals surface area contributed by atoms with E-state index in [9.17, 15) is 14.0 Å². The SMILES string of the molecule is CCOc1cccc(N2C(=O)C(c3ccc(F)cc3)=C(N3CC(C)OC(C)C3)C2=O)c1.